The van der Waals surface area contributed by atoms with Crippen molar-refractivity contribution in [2.75, 3.05) is 26.2 Å². The van der Waals surface area contributed by atoms with Gasteiger partial charge in [0.1, 0.15) is 0 Å². The van der Waals surface area contributed by atoms with Gasteiger partial charge in [-0.05, 0) is 37.9 Å². The number of nitrogens with two attached hydrogens (primary N) is 1. The Balaban J connectivity index is 0.00000312. The Morgan fingerprint density at radius 2 is 2.00 bits per heavy atom. The Kier molecular flexibility index (Phi) is 8.16. The van der Waals surface area contributed by atoms with Crippen LogP contribution in [0.2, 0.25) is 0 Å². The number of nitrogens with zero attached hydrogens (tertiary/aromatic N) is 2. The summed E-state index contributed by atoms with van der Waals surface area (Å²) in [5.41, 5.74) is 4.37. The standard InChI is InChI=1S/C14H20FN3O5S.ClH/c15-12-3-1-4-13(14(12)18(19)20)24(21,22)17-8-5-11(6-9-17)23-10-2-7-16;/h1,3-4,11H,2,5-10,16H2;1H. The van der Waals surface area contributed by atoms with E-state index in [-0.39, 0.29) is 31.6 Å². The van der Waals surface area contributed by atoms with Gasteiger partial charge in [0.05, 0.1) is 11.0 Å². The van der Waals surface area contributed by atoms with Crippen molar-refractivity contribution in [3.05, 3.63) is 34.1 Å². The summed E-state index contributed by atoms with van der Waals surface area (Å²) in [7, 11) is -4.13. The first-order valence-corrected chi connectivity index (χ1v) is 9.06. The second kappa shape index (κ2) is 9.39. The molecule has 1 aromatic rings. The quantitative estimate of drug-likeness (QED) is 0.425. The SMILES string of the molecule is Cl.NCCCOC1CCN(S(=O)(=O)c2cccc(F)c2[N+](=O)[O-])CC1. The van der Waals surface area contributed by atoms with Gasteiger partial charge in [0.25, 0.3) is 0 Å². The van der Waals surface area contributed by atoms with E-state index >= 15 is 0 Å². The molecule has 1 saturated heterocycles. The summed E-state index contributed by atoms with van der Waals surface area (Å²) in [6, 6.07) is 3.08. The smallest absolute Gasteiger partial charge is 0.324 e. The molecule has 11 heteroatoms. The number of benzene rings is 1. The molecule has 2 N–H and O–H groups in total. The van der Waals surface area contributed by atoms with Crippen molar-refractivity contribution in [2.24, 2.45) is 5.73 Å². The van der Waals surface area contributed by atoms with Crippen LogP contribution in [-0.4, -0.2) is 50.0 Å². The van der Waals surface area contributed by atoms with E-state index < -0.39 is 31.3 Å². The monoisotopic (exact) mass is 397 g/mol. The van der Waals surface area contributed by atoms with E-state index in [0.29, 0.717) is 26.0 Å². The second-order valence-corrected chi connectivity index (χ2v) is 7.37. The highest BCUT2D eigenvalue weighted by atomic mass is 35.5. The lowest BCUT2D eigenvalue weighted by Gasteiger charge is -2.31. The van der Waals surface area contributed by atoms with Crippen molar-refractivity contribution >= 4 is 28.1 Å². The topological polar surface area (TPSA) is 116 Å². The first-order chi connectivity index (χ1) is 11.4. The summed E-state index contributed by atoms with van der Waals surface area (Å²) in [4.78, 5) is 9.40. The van der Waals surface area contributed by atoms with Crippen LogP contribution in [0.15, 0.2) is 23.1 Å². The van der Waals surface area contributed by atoms with Crippen LogP contribution in [0.3, 0.4) is 0 Å². The summed E-state index contributed by atoms with van der Waals surface area (Å²) in [5.74, 6) is -1.17. The Bertz CT molecular complexity index is 696. The number of hydrogen-bond acceptors (Lipinski definition) is 6. The lowest BCUT2D eigenvalue weighted by atomic mass is 10.1. The number of nitro benzene ring substituents is 1. The zero-order chi connectivity index (χ0) is 17.7. The summed E-state index contributed by atoms with van der Waals surface area (Å²) in [6.07, 6.45) is 1.62. The third kappa shape index (κ3) is 5.08. The average Bonchev–Trinajstić information content (AvgIpc) is 2.55. The number of hydrogen-bond donors (Lipinski definition) is 1. The van der Waals surface area contributed by atoms with E-state index in [1.807, 2.05) is 0 Å². The molecule has 25 heavy (non-hydrogen) atoms. The van der Waals surface area contributed by atoms with Crippen LogP contribution in [0.25, 0.3) is 0 Å². The molecule has 2 rings (SSSR count). The molecule has 0 aliphatic carbocycles. The van der Waals surface area contributed by atoms with E-state index in [1.165, 1.54) is 0 Å². The summed E-state index contributed by atoms with van der Waals surface area (Å²) < 4.78 is 45.7. The average molecular weight is 398 g/mol. The first-order valence-electron chi connectivity index (χ1n) is 7.62. The Morgan fingerprint density at radius 1 is 1.36 bits per heavy atom. The van der Waals surface area contributed by atoms with Gasteiger partial charge in [-0.25, -0.2) is 8.42 Å². The van der Waals surface area contributed by atoms with Crippen LogP contribution >= 0.6 is 12.4 Å². The predicted molar refractivity (Wildman–Crippen MR) is 91.7 cm³/mol. The number of sulfonamides is 1. The van der Waals surface area contributed by atoms with Crippen molar-refractivity contribution in [1.29, 1.82) is 0 Å². The molecule has 0 amide bonds. The molecule has 0 spiro atoms. The molecule has 1 aliphatic rings. The molecule has 142 valence electrons. The fourth-order valence-corrected chi connectivity index (χ4v) is 4.23. The van der Waals surface area contributed by atoms with Gasteiger partial charge in [-0.3, -0.25) is 10.1 Å². The number of halogens is 2. The van der Waals surface area contributed by atoms with E-state index in [9.17, 15) is 22.9 Å². The molecule has 0 unspecified atom stereocenters. The number of ether oxygens (including phenoxy) is 1. The summed E-state index contributed by atoms with van der Waals surface area (Å²) >= 11 is 0. The second-order valence-electron chi connectivity index (χ2n) is 5.46. The minimum absolute atomic E-state index is 0. The highest BCUT2D eigenvalue weighted by Gasteiger charge is 2.36. The van der Waals surface area contributed by atoms with E-state index in [2.05, 4.69) is 0 Å². The lowest BCUT2D eigenvalue weighted by molar-refractivity contribution is -0.390. The zero-order valence-electron chi connectivity index (χ0n) is 13.5. The van der Waals surface area contributed by atoms with Crippen molar-refractivity contribution in [3.8, 4) is 0 Å². The fourth-order valence-electron chi connectivity index (χ4n) is 2.59. The van der Waals surface area contributed by atoms with Crippen LogP contribution in [-0.2, 0) is 14.8 Å². The molecule has 1 aromatic carbocycles. The Labute approximate surface area is 151 Å². The maximum absolute atomic E-state index is 13.7. The highest BCUT2D eigenvalue weighted by Crippen LogP contribution is 2.30. The highest BCUT2D eigenvalue weighted by molar-refractivity contribution is 7.89. The largest absolute Gasteiger partial charge is 0.378 e. The molecule has 1 heterocycles. The van der Waals surface area contributed by atoms with Crippen LogP contribution in [0, 0.1) is 15.9 Å². The van der Waals surface area contributed by atoms with Crippen molar-refractivity contribution in [2.45, 2.75) is 30.3 Å². The number of para-hydroxylation sites is 1. The third-order valence-corrected chi connectivity index (χ3v) is 5.78. The molecule has 1 aliphatic heterocycles. The van der Waals surface area contributed by atoms with Gasteiger partial charge >= 0.3 is 5.69 Å². The van der Waals surface area contributed by atoms with E-state index in [0.717, 1.165) is 28.9 Å². The molecule has 1 fully saturated rings. The maximum atomic E-state index is 13.7. The van der Waals surface area contributed by atoms with Crippen molar-refractivity contribution < 1.29 is 22.5 Å². The normalized spacial score (nSPS) is 16.4. The maximum Gasteiger partial charge on any atom is 0.324 e. The summed E-state index contributed by atoms with van der Waals surface area (Å²) in [5, 5.41) is 11.0. The van der Waals surface area contributed by atoms with Gasteiger partial charge in [-0.2, -0.15) is 8.70 Å². The van der Waals surface area contributed by atoms with Gasteiger partial charge in [0.2, 0.25) is 15.8 Å². The van der Waals surface area contributed by atoms with Crippen LogP contribution in [0.4, 0.5) is 10.1 Å². The number of piperidine rings is 1. The zero-order valence-corrected chi connectivity index (χ0v) is 15.1. The first kappa shape index (κ1) is 21.7. The van der Waals surface area contributed by atoms with Gasteiger partial charge in [-0.15, -0.1) is 12.4 Å². The minimum Gasteiger partial charge on any atom is -0.378 e. The molecule has 8 nitrogen and oxygen atoms in total. The minimum atomic E-state index is -4.13. The van der Waals surface area contributed by atoms with Crippen molar-refractivity contribution in [1.82, 2.24) is 4.31 Å². The lowest BCUT2D eigenvalue weighted by Crippen LogP contribution is -2.41. The predicted octanol–water partition coefficient (Wildman–Crippen LogP) is 1.67. The Hall–Kier alpha value is -1.33. The van der Waals surface area contributed by atoms with Gasteiger partial charge < -0.3 is 10.5 Å². The molecule has 0 saturated carbocycles. The van der Waals surface area contributed by atoms with E-state index in [4.69, 9.17) is 10.5 Å². The van der Waals surface area contributed by atoms with E-state index in [1.54, 1.807) is 0 Å². The molecule has 0 bridgehead atoms. The van der Waals surface area contributed by atoms with Gasteiger partial charge in [0.15, 0.2) is 4.90 Å². The molecule has 0 atom stereocenters. The van der Waals surface area contributed by atoms with Crippen LogP contribution in [0.5, 0.6) is 0 Å². The van der Waals surface area contributed by atoms with Gasteiger partial charge in [0, 0.05) is 19.7 Å². The molecule has 0 radical (unpaired) electrons. The Morgan fingerprint density at radius 3 is 2.56 bits per heavy atom. The third-order valence-electron chi connectivity index (χ3n) is 3.85. The molecule has 0 aromatic heterocycles. The number of rotatable bonds is 7. The van der Waals surface area contributed by atoms with Crippen molar-refractivity contribution in [3.63, 3.8) is 0 Å². The fraction of sp³-hybridized carbons (Fsp3) is 0.571. The van der Waals surface area contributed by atoms with Crippen LogP contribution < -0.4 is 5.73 Å². The van der Waals surface area contributed by atoms with Gasteiger partial charge in [-0.1, -0.05) is 6.07 Å². The summed E-state index contributed by atoms with van der Waals surface area (Å²) in [6.45, 7) is 1.38. The molecular weight excluding hydrogens is 377 g/mol. The molecular formula is C14H21ClFN3O5S. The number of nitro groups is 1. The van der Waals surface area contributed by atoms with Crippen LogP contribution in [0.1, 0.15) is 19.3 Å².